The van der Waals surface area contributed by atoms with Crippen LogP contribution in [-0.4, -0.2) is 6.98 Å². The Morgan fingerprint density at radius 3 is 1.87 bits per heavy atom. The van der Waals surface area contributed by atoms with Crippen molar-refractivity contribution in [2.75, 3.05) is 0 Å². The quantitative estimate of drug-likeness (QED) is 0.684. The molecule has 78 valence electrons. The Morgan fingerprint density at radius 2 is 1.53 bits per heavy atom. The maximum Gasteiger partial charge on any atom is 1.00 e. The Hall–Kier alpha value is 0.711. The zero-order valence-electron chi connectivity index (χ0n) is 9.31. The third-order valence-corrected chi connectivity index (χ3v) is 2.11. The molecule has 0 aliphatic carbocycles. The van der Waals surface area contributed by atoms with E-state index in [1.807, 2.05) is 13.8 Å². The van der Waals surface area contributed by atoms with Gasteiger partial charge in [0, 0.05) is 0 Å². The van der Waals surface area contributed by atoms with Crippen LogP contribution in [0.5, 0.6) is 0 Å². The van der Waals surface area contributed by atoms with E-state index in [0.29, 0.717) is 11.5 Å². The number of rotatable bonds is 3. The average molecular weight is 240 g/mol. The molecule has 0 spiro atoms. The molecular weight excluding hydrogens is 227 g/mol. The number of hydrogen-bond acceptors (Lipinski definition) is 0. The van der Waals surface area contributed by atoms with Crippen molar-refractivity contribution < 1.29 is 64.3 Å². The number of benzene rings is 1. The molecule has 0 nitrogen and oxygen atoms in total. The third kappa shape index (κ3) is 6.12. The van der Waals surface area contributed by atoms with E-state index in [1.165, 1.54) is 0 Å². The monoisotopic (exact) mass is 240 g/mol. The van der Waals surface area contributed by atoms with Crippen molar-refractivity contribution in [1.29, 1.82) is 0 Å². The second-order valence-corrected chi connectivity index (χ2v) is 3.81. The van der Waals surface area contributed by atoms with Crippen molar-refractivity contribution >= 4 is 6.98 Å². The maximum atomic E-state index is 12.1. The van der Waals surface area contributed by atoms with Crippen molar-refractivity contribution in [3.8, 4) is 0 Å². The largest absolute Gasteiger partial charge is 1.00 e. The van der Waals surface area contributed by atoms with Crippen molar-refractivity contribution in [3.05, 3.63) is 35.4 Å². The van der Waals surface area contributed by atoms with Gasteiger partial charge in [0.15, 0.2) is 0 Å². The fraction of sp³-hybridized carbons (Fsp3) is 0.400. The minimum absolute atomic E-state index is 0. The summed E-state index contributed by atoms with van der Waals surface area (Å²) in [4.78, 5) is 0. The molecule has 1 aromatic carbocycles. The summed E-state index contributed by atoms with van der Waals surface area (Å²) < 4.78 is 36.2. The first kappa shape index (κ1) is 15.7. The molecule has 0 aromatic heterocycles. The van der Waals surface area contributed by atoms with Crippen molar-refractivity contribution in [2.24, 2.45) is 0 Å². The van der Waals surface area contributed by atoms with Crippen LogP contribution in [0.2, 0.25) is 0 Å². The Bertz CT molecular complexity index is 293. The third-order valence-electron chi connectivity index (χ3n) is 2.11. The van der Waals surface area contributed by atoms with Crippen LogP contribution >= 0.6 is 0 Å². The summed E-state index contributed by atoms with van der Waals surface area (Å²) in [6.07, 6.45) is -0.779. The molecule has 15 heavy (non-hydrogen) atoms. The van der Waals surface area contributed by atoms with E-state index >= 15 is 0 Å². The van der Waals surface area contributed by atoms with E-state index < -0.39 is 13.3 Å². The smallest absolute Gasteiger partial charge is 0.449 e. The maximum absolute atomic E-state index is 12.1. The van der Waals surface area contributed by atoms with E-state index in [1.54, 1.807) is 24.3 Å². The summed E-state index contributed by atoms with van der Waals surface area (Å²) in [5, 5.41) is 0. The van der Waals surface area contributed by atoms with Gasteiger partial charge in [-0.15, -0.1) is 0 Å². The van der Waals surface area contributed by atoms with Crippen LogP contribution in [0, 0.1) is 0 Å². The fourth-order valence-corrected chi connectivity index (χ4v) is 1.31. The van der Waals surface area contributed by atoms with Gasteiger partial charge in [0.05, 0.1) is 0 Å². The second kappa shape index (κ2) is 6.45. The average Bonchev–Trinajstić information content (AvgIpc) is 2.02. The molecule has 1 aromatic rings. The van der Waals surface area contributed by atoms with Gasteiger partial charge in [-0.05, 0) is 11.5 Å². The molecule has 0 unspecified atom stereocenters. The van der Waals surface area contributed by atoms with Crippen LogP contribution in [-0.2, 0) is 6.32 Å². The van der Waals surface area contributed by atoms with Gasteiger partial charge in [0.1, 0.15) is 0 Å². The Kier molecular flexibility index (Phi) is 6.75. The number of halogens is 3. The molecule has 0 N–H and O–H groups in total. The van der Waals surface area contributed by atoms with Crippen molar-refractivity contribution in [1.82, 2.24) is 0 Å². The summed E-state index contributed by atoms with van der Waals surface area (Å²) in [6, 6.07) is 6.65. The Labute approximate surface area is 131 Å². The van der Waals surface area contributed by atoms with Crippen LogP contribution < -0.4 is 51.4 Å². The van der Waals surface area contributed by atoms with Crippen LogP contribution in [0.25, 0.3) is 0 Å². The standard InChI is InChI=1S/C10H13BF3.K/c1-8(2)10-5-3-9(4-6-10)7-11(12,13)14;/h3-6,8H,7H2,1-2H3;/q-1;+1. The van der Waals surface area contributed by atoms with E-state index in [2.05, 4.69) is 0 Å². The van der Waals surface area contributed by atoms with E-state index in [-0.39, 0.29) is 51.4 Å². The van der Waals surface area contributed by atoms with Gasteiger partial charge in [0.25, 0.3) is 0 Å². The number of hydrogen-bond donors (Lipinski definition) is 0. The van der Waals surface area contributed by atoms with E-state index in [4.69, 9.17) is 0 Å². The molecule has 0 amide bonds. The Morgan fingerprint density at radius 1 is 1.07 bits per heavy atom. The van der Waals surface area contributed by atoms with Crippen LogP contribution in [0.1, 0.15) is 30.9 Å². The molecule has 5 heteroatoms. The van der Waals surface area contributed by atoms with E-state index in [9.17, 15) is 12.9 Å². The second-order valence-electron chi connectivity index (χ2n) is 3.81. The normalized spacial score (nSPS) is 11.3. The summed E-state index contributed by atoms with van der Waals surface area (Å²) in [5.74, 6) is 0.362. The minimum Gasteiger partial charge on any atom is -0.449 e. The summed E-state index contributed by atoms with van der Waals surface area (Å²) in [5.41, 5.74) is 1.42. The van der Waals surface area contributed by atoms with Gasteiger partial charge >= 0.3 is 58.4 Å². The van der Waals surface area contributed by atoms with Crippen LogP contribution in [0.4, 0.5) is 12.9 Å². The molecule has 0 aliphatic heterocycles. The first-order valence-corrected chi connectivity index (χ1v) is 4.68. The first-order chi connectivity index (χ1) is 6.38. The topological polar surface area (TPSA) is 0 Å². The van der Waals surface area contributed by atoms with E-state index in [0.717, 1.165) is 5.56 Å². The zero-order chi connectivity index (χ0) is 10.8. The molecule has 0 atom stereocenters. The molecule has 0 aliphatic rings. The molecule has 0 bridgehead atoms. The molecule has 0 saturated heterocycles. The first-order valence-electron chi connectivity index (χ1n) is 4.68. The fourth-order valence-electron chi connectivity index (χ4n) is 1.31. The minimum atomic E-state index is -4.71. The van der Waals surface area contributed by atoms with Gasteiger partial charge in [0.2, 0.25) is 0 Å². The zero-order valence-corrected chi connectivity index (χ0v) is 12.4. The molecule has 0 fully saturated rings. The Balaban J connectivity index is 0.00000196. The summed E-state index contributed by atoms with van der Waals surface area (Å²) in [6.45, 7) is -0.678. The van der Waals surface area contributed by atoms with Crippen LogP contribution in [0.3, 0.4) is 0 Å². The summed E-state index contributed by atoms with van der Waals surface area (Å²) >= 11 is 0. The molecular formula is C10H13BF3K. The summed E-state index contributed by atoms with van der Waals surface area (Å²) in [7, 11) is 0. The van der Waals surface area contributed by atoms with Crippen molar-refractivity contribution in [3.63, 3.8) is 0 Å². The van der Waals surface area contributed by atoms with Crippen molar-refractivity contribution in [2.45, 2.75) is 26.1 Å². The van der Waals surface area contributed by atoms with Gasteiger partial charge in [-0.1, -0.05) is 50.0 Å². The van der Waals surface area contributed by atoms with Gasteiger partial charge in [-0.3, -0.25) is 0 Å². The molecule has 1 rings (SSSR count). The van der Waals surface area contributed by atoms with Gasteiger partial charge in [-0.2, -0.15) is 0 Å². The predicted molar refractivity (Wildman–Crippen MR) is 53.3 cm³/mol. The predicted octanol–water partition coefficient (Wildman–Crippen LogP) is 0.743. The molecule has 0 heterocycles. The van der Waals surface area contributed by atoms with Crippen LogP contribution in [0.15, 0.2) is 24.3 Å². The molecule has 0 radical (unpaired) electrons. The van der Waals surface area contributed by atoms with Gasteiger partial charge in [-0.25, -0.2) is 0 Å². The van der Waals surface area contributed by atoms with Gasteiger partial charge < -0.3 is 12.9 Å². The SMILES string of the molecule is CC(C)c1ccc(C[B-](F)(F)F)cc1.[K+]. The molecule has 0 saturated carbocycles.